The van der Waals surface area contributed by atoms with E-state index in [4.69, 9.17) is 34.8 Å². The number of alkyl halides is 3. The van der Waals surface area contributed by atoms with Crippen molar-refractivity contribution >= 4 is 34.8 Å². The van der Waals surface area contributed by atoms with E-state index in [0.717, 1.165) is 17.5 Å². The van der Waals surface area contributed by atoms with Crippen molar-refractivity contribution in [2.45, 2.75) is 10.2 Å². The van der Waals surface area contributed by atoms with Gasteiger partial charge in [-0.1, -0.05) is 77.3 Å². The summed E-state index contributed by atoms with van der Waals surface area (Å²) in [6, 6.07) is 14.2. The van der Waals surface area contributed by atoms with E-state index in [0.29, 0.717) is 0 Å². The summed E-state index contributed by atoms with van der Waals surface area (Å²) in [7, 11) is 0. The molecule has 0 spiro atoms. The number of rotatable bonds is 0. The average Bonchev–Trinajstić information content (AvgIpc) is 2.65. The van der Waals surface area contributed by atoms with Crippen LogP contribution in [0.25, 0.3) is 11.1 Å². The van der Waals surface area contributed by atoms with E-state index >= 15 is 0 Å². The van der Waals surface area contributed by atoms with Crippen molar-refractivity contribution in [1.82, 2.24) is 0 Å². The monoisotopic (exact) mass is 282 g/mol. The first-order chi connectivity index (χ1) is 8.07. The number of hydrogen-bond acceptors (Lipinski definition) is 0. The van der Waals surface area contributed by atoms with Crippen LogP contribution >= 0.6 is 34.8 Å². The highest BCUT2D eigenvalue weighted by molar-refractivity contribution is 6.66. The molecular weight excluding hydrogens is 275 g/mol. The molecule has 0 nitrogen and oxygen atoms in total. The zero-order valence-electron chi connectivity index (χ0n) is 8.88. The zero-order valence-corrected chi connectivity index (χ0v) is 11.2. The summed E-state index contributed by atoms with van der Waals surface area (Å²) in [5.41, 5.74) is 5.65. The Morgan fingerprint density at radius 2 is 1.53 bits per heavy atom. The third-order valence-corrected chi connectivity index (χ3v) is 3.77. The predicted molar refractivity (Wildman–Crippen MR) is 73.9 cm³/mol. The Bertz CT molecular complexity index is 582. The quantitative estimate of drug-likeness (QED) is 0.504. The fraction of sp³-hybridized carbons (Fsp3) is 0.143. The first kappa shape index (κ1) is 11.4. The van der Waals surface area contributed by atoms with Crippen LogP contribution in [0, 0.1) is 0 Å². The molecule has 0 radical (unpaired) electrons. The van der Waals surface area contributed by atoms with Gasteiger partial charge in [0.2, 0.25) is 3.79 Å². The largest absolute Gasteiger partial charge is 0.216 e. The molecule has 1 aliphatic carbocycles. The van der Waals surface area contributed by atoms with E-state index in [9.17, 15) is 0 Å². The molecule has 2 aromatic carbocycles. The van der Waals surface area contributed by atoms with Gasteiger partial charge < -0.3 is 0 Å². The van der Waals surface area contributed by atoms with Crippen LogP contribution in [0.15, 0.2) is 42.5 Å². The van der Waals surface area contributed by atoms with Gasteiger partial charge >= 0.3 is 0 Å². The molecule has 0 atom stereocenters. The molecule has 0 fully saturated rings. The summed E-state index contributed by atoms with van der Waals surface area (Å²) in [6.45, 7) is 0. The first-order valence-corrected chi connectivity index (χ1v) is 6.48. The maximum Gasteiger partial charge on any atom is 0.216 e. The average molecular weight is 284 g/mol. The lowest BCUT2D eigenvalue weighted by atomic mass is 10.0. The van der Waals surface area contributed by atoms with Gasteiger partial charge in [-0.3, -0.25) is 0 Å². The molecule has 0 saturated carbocycles. The van der Waals surface area contributed by atoms with E-state index in [1.54, 1.807) is 0 Å². The van der Waals surface area contributed by atoms with Gasteiger partial charge in [-0.2, -0.15) is 0 Å². The van der Waals surface area contributed by atoms with Crippen LogP contribution in [-0.2, 0) is 10.2 Å². The molecule has 3 rings (SSSR count). The Hall–Kier alpha value is -0.690. The maximum atomic E-state index is 6.02. The molecule has 0 bridgehead atoms. The molecular formula is C14H9Cl3. The Kier molecular flexibility index (Phi) is 2.62. The van der Waals surface area contributed by atoms with Crippen LogP contribution in [-0.4, -0.2) is 0 Å². The smallest absolute Gasteiger partial charge is 0.0784 e. The molecule has 0 aliphatic heterocycles. The van der Waals surface area contributed by atoms with Gasteiger partial charge in [0, 0.05) is 5.56 Å². The highest BCUT2D eigenvalue weighted by Gasteiger charge is 2.30. The second kappa shape index (κ2) is 3.91. The molecule has 0 heterocycles. The fourth-order valence-electron chi connectivity index (χ4n) is 2.42. The third kappa shape index (κ3) is 1.85. The van der Waals surface area contributed by atoms with Gasteiger partial charge in [-0.05, 0) is 28.7 Å². The van der Waals surface area contributed by atoms with Gasteiger partial charge in [-0.25, -0.2) is 0 Å². The summed E-state index contributed by atoms with van der Waals surface area (Å²) in [4.78, 5) is 0. The third-order valence-electron chi connectivity index (χ3n) is 3.16. The van der Waals surface area contributed by atoms with Crippen molar-refractivity contribution in [1.29, 1.82) is 0 Å². The molecule has 17 heavy (non-hydrogen) atoms. The van der Waals surface area contributed by atoms with Crippen LogP contribution in [0.5, 0.6) is 0 Å². The Morgan fingerprint density at radius 3 is 2.29 bits per heavy atom. The molecule has 0 aromatic heterocycles. The van der Waals surface area contributed by atoms with Gasteiger partial charge in [0.25, 0.3) is 0 Å². The molecule has 0 saturated heterocycles. The normalized spacial score (nSPS) is 13.4. The highest BCUT2D eigenvalue weighted by Crippen LogP contribution is 2.46. The summed E-state index contributed by atoms with van der Waals surface area (Å²) >= 11 is 18.0. The van der Waals surface area contributed by atoms with E-state index in [2.05, 4.69) is 18.2 Å². The molecule has 0 amide bonds. The zero-order chi connectivity index (χ0) is 12.0. The Morgan fingerprint density at radius 1 is 0.824 bits per heavy atom. The second-order valence-corrected chi connectivity index (χ2v) is 6.44. The van der Waals surface area contributed by atoms with E-state index < -0.39 is 3.79 Å². The highest BCUT2D eigenvalue weighted by atomic mass is 35.6. The minimum Gasteiger partial charge on any atom is -0.0784 e. The van der Waals surface area contributed by atoms with Crippen LogP contribution < -0.4 is 0 Å². The van der Waals surface area contributed by atoms with Crippen LogP contribution in [0.1, 0.15) is 16.7 Å². The topological polar surface area (TPSA) is 0 Å². The van der Waals surface area contributed by atoms with Gasteiger partial charge in [0.1, 0.15) is 0 Å². The van der Waals surface area contributed by atoms with Crippen LogP contribution in [0.4, 0.5) is 0 Å². The van der Waals surface area contributed by atoms with Gasteiger partial charge in [0.15, 0.2) is 0 Å². The lowest BCUT2D eigenvalue weighted by Crippen LogP contribution is -2.04. The molecule has 1 aliphatic rings. The van der Waals surface area contributed by atoms with Crippen LogP contribution in [0.2, 0.25) is 0 Å². The van der Waals surface area contributed by atoms with Gasteiger partial charge in [0.05, 0.1) is 0 Å². The maximum absolute atomic E-state index is 6.02. The van der Waals surface area contributed by atoms with E-state index in [-0.39, 0.29) is 0 Å². The van der Waals surface area contributed by atoms with E-state index in [1.807, 2.05) is 24.3 Å². The van der Waals surface area contributed by atoms with Crippen molar-refractivity contribution < 1.29 is 0 Å². The Balaban J connectivity index is 2.24. The SMILES string of the molecule is ClC(Cl)(Cl)c1cccc2c1Cc1ccccc1-2. The van der Waals surface area contributed by atoms with E-state index in [1.165, 1.54) is 16.7 Å². The summed E-state index contributed by atoms with van der Waals surface area (Å²) < 4.78 is -1.35. The van der Waals surface area contributed by atoms with Crippen LogP contribution in [0.3, 0.4) is 0 Å². The van der Waals surface area contributed by atoms with Crippen molar-refractivity contribution in [2.75, 3.05) is 0 Å². The first-order valence-electron chi connectivity index (χ1n) is 5.35. The minimum absolute atomic E-state index is 0.788. The lowest BCUT2D eigenvalue weighted by Gasteiger charge is -2.15. The number of benzene rings is 2. The van der Waals surface area contributed by atoms with Crippen molar-refractivity contribution in [2.24, 2.45) is 0 Å². The number of hydrogen-bond donors (Lipinski definition) is 0. The van der Waals surface area contributed by atoms with Gasteiger partial charge in [-0.15, -0.1) is 0 Å². The number of fused-ring (bicyclic) bond motifs is 3. The molecule has 0 N–H and O–H groups in total. The fourth-order valence-corrected chi connectivity index (χ4v) is 2.95. The molecule has 2 aromatic rings. The summed E-state index contributed by atoms with van der Waals surface area (Å²) in [5, 5.41) is 0. The Labute approximate surface area is 115 Å². The number of halogens is 3. The van der Waals surface area contributed by atoms with Crippen molar-refractivity contribution in [3.8, 4) is 11.1 Å². The lowest BCUT2D eigenvalue weighted by molar-refractivity contribution is 1.14. The van der Waals surface area contributed by atoms with Crippen molar-refractivity contribution in [3.05, 3.63) is 59.2 Å². The summed E-state index contributed by atoms with van der Waals surface area (Å²) in [6.07, 6.45) is 0.843. The van der Waals surface area contributed by atoms with Crippen molar-refractivity contribution in [3.63, 3.8) is 0 Å². The predicted octanol–water partition coefficient (Wildman–Crippen LogP) is 5.08. The molecule has 0 unspecified atom stereocenters. The minimum atomic E-state index is -1.35. The molecule has 86 valence electrons. The standard InChI is InChI=1S/C14H9Cl3/c15-14(16,17)13-7-3-6-11-10-5-2-1-4-9(10)8-12(11)13/h1-7H,8H2. The summed E-state index contributed by atoms with van der Waals surface area (Å²) in [5.74, 6) is 0. The second-order valence-electron chi connectivity index (χ2n) is 4.16. The molecule has 3 heteroatoms.